The number of amides is 1. The van der Waals surface area contributed by atoms with Crippen LogP contribution in [0, 0.1) is 11.3 Å². The van der Waals surface area contributed by atoms with Crippen molar-refractivity contribution in [3.63, 3.8) is 0 Å². The molecule has 7 nitrogen and oxygen atoms in total. The molecule has 0 saturated carbocycles. The van der Waals surface area contributed by atoms with E-state index in [2.05, 4.69) is 23.2 Å². The molecule has 2 aliphatic heterocycles. The van der Waals surface area contributed by atoms with Crippen molar-refractivity contribution in [2.45, 2.75) is 25.2 Å². The fourth-order valence-corrected chi connectivity index (χ4v) is 4.64. The highest BCUT2D eigenvalue weighted by Gasteiger charge is 2.60. The zero-order valence-electron chi connectivity index (χ0n) is 17.1. The smallest absolute Gasteiger partial charge is 0.247 e. The van der Waals surface area contributed by atoms with Crippen LogP contribution in [0.15, 0.2) is 66.1 Å². The Morgan fingerprint density at radius 3 is 2.68 bits per heavy atom. The van der Waals surface area contributed by atoms with Crippen molar-refractivity contribution in [3.8, 4) is 23.2 Å². The van der Waals surface area contributed by atoms with E-state index in [1.165, 1.54) is 0 Å². The predicted octanol–water partition coefficient (Wildman–Crippen LogP) is 3.60. The number of benzene rings is 2. The highest BCUT2D eigenvalue weighted by atomic mass is 16.5. The van der Waals surface area contributed by atoms with E-state index in [1.807, 2.05) is 54.6 Å². The van der Waals surface area contributed by atoms with Gasteiger partial charge in [0.25, 0.3) is 0 Å². The summed E-state index contributed by atoms with van der Waals surface area (Å²) in [5.41, 5.74) is 8.38. The number of hydrogen-bond acceptors (Lipinski definition) is 5. The van der Waals surface area contributed by atoms with Gasteiger partial charge >= 0.3 is 0 Å². The monoisotopic (exact) mass is 411 g/mol. The van der Waals surface area contributed by atoms with E-state index in [1.54, 1.807) is 4.90 Å². The number of H-pyrrole nitrogens is 1. The maximum Gasteiger partial charge on any atom is 0.247 e. The summed E-state index contributed by atoms with van der Waals surface area (Å²) in [6, 6.07) is 19.4. The van der Waals surface area contributed by atoms with Gasteiger partial charge in [-0.2, -0.15) is 5.26 Å². The molecule has 0 fully saturated rings. The van der Waals surface area contributed by atoms with E-state index in [0.29, 0.717) is 17.8 Å². The number of anilines is 1. The summed E-state index contributed by atoms with van der Waals surface area (Å²) < 4.78 is 5.73. The molecule has 1 atom stereocenters. The van der Waals surface area contributed by atoms with Crippen molar-refractivity contribution in [1.29, 1.82) is 5.26 Å². The quantitative estimate of drug-likeness (QED) is 0.682. The third kappa shape index (κ3) is 2.45. The molecule has 0 saturated heterocycles. The topological polar surface area (TPSA) is 108 Å². The fraction of sp³-hybridized carbons (Fsp3) is 0.208. The molecule has 7 heteroatoms. The summed E-state index contributed by atoms with van der Waals surface area (Å²) in [7, 11) is 0. The normalized spacial score (nSPS) is 19.2. The second-order valence-corrected chi connectivity index (χ2v) is 7.68. The average Bonchev–Trinajstić information content (AvgIpc) is 3.32. The van der Waals surface area contributed by atoms with Gasteiger partial charge in [-0.05, 0) is 12.5 Å². The molecule has 1 spiro atoms. The van der Waals surface area contributed by atoms with Gasteiger partial charge in [0.1, 0.15) is 17.1 Å². The van der Waals surface area contributed by atoms with E-state index >= 15 is 0 Å². The van der Waals surface area contributed by atoms with Crippen LogP contribution in [0.4, 0.5) is 5.69 Å². The van der Waals surface area contributed by atoms with Crippen LogP contribution in [0.3, 0.4) is 0 Å². The van der Waals surface area contributed by atoms with E-state index in [9.17, 15) is 10.1 Å². The maximum absolute atomic E-state index is 14.2. The minimum Gasteiger partial charge on any atom is -0.420 e. The first kappa shape index (κ1) is 18.9. The van der Waals surface area contributed by atoms with E-state index in [0.717, 1.165) is 29.7 Å². The van der Waals surface area contributed by atoms with Gasteiger partial charge in [0, 0.05) is 23.4 Å². The highest BCUT2D eigenvalue weighted by Crippen LogP contribution is 2.56. The lowest BCUT2D eigenvalue weighted by Gasteiger charge is -2.32. The van der Waals surface area contributed by atoms with Crippen LogP contribution in [-0.2, 0) is 10.2 Å². The number of hydrogen-bond donors (Lipinski definition) is 2. The number of nitrogens with one attached hydrogen (secondary N) is 1. The number of aromatic amines is 1. The maximum atomic E-state index is 14.2. The van der Waals surface area contributed by atoms with Crippen molar-refractivity contribution >= 4 is 11.6 Å². The molecule has 1 amide bonds. The molecule has 3 N–H and O–H groups in total. The number of aromatic nitrogens is 2. The number of ether oxygens (including phenoxy) is 1. The molecule has 0 aliphatic carbocycles. The second-order valence-electron chi connectivity index (χ2n) is 7.68. The van der Waals surface area contributed by atoms with Gasteiger partial charge < -0.3 is 15.4 Å². The Balaban J connectivity index is 1.86. The van der Waals surface area contributed by atoms with E-state index in [-0.39, 0.29) is 23.2 Å². The first-order valence-electron chi connectivity index (χ1n) is 10.3. The van der Waals surface area contributed by atoms with Crippen molar-refractivity contribution in [3.05, 3.63) is 77.2 Å². The average molecular weight is 411 g/mol. The summed E-state index contributed by atoms with van der Waals surface area (Å²) in [6.07, 6.45) is 1.79. The summed E-state index contributed by atoms with van der Waals surface area (Å²) in [5.74, 6) is -0.0813. The molecule has 3 heterocycles. The summed E-state index contributed by atoms with van der Waals surface area (Å²) >= 11 is 0. The molecule has 0 radical (unpaired) electrons. The van der Waals surface area contributed by atoms with Gasteiger partial charge in [0.05, 0.1) is 11.3 Å². The molecule has 2 aromatic carbocycles. The fourth-order valence-electron chi connectivity index (χ4n) is 4.64. The summed E-state index contributed by atoms with van der Waals surface area (Å²) in [4.78, 5) is 16.0. The van der Waals surface area contributed by atoms with Gasteiger partial charge in [-0.25, -0.2) is 0 Å². The van der Waals surface area contributed by atoms with Crippen LogP contribution in [0.5, 0.6) is 5.88 Å². The van der Waals surface area contributed by atoms with Crippen molar-refractivity contribution < 1.29 is 9.53 Å². The third-order valence-corrected chi connectivity index (χ3v) is 6.01. The second kappa shape index (κ2) is 7.03. The molecular weight excluding hydrogens is 390 g/mol. The van der Waals surface area contributed by atoms with Crippen LogP contribution in [0.1, 0.15) is 30.9 Å². The van der Waals surface area contributed by atoms with E-state index in [4.69, 9.17) is 10.5 Å². The standard InChI is InChI=1S/C24H21N5O2/c1-2-3-13-29-18-12-8-7-11-16(18)24(23(29)30)17(14-25)21(26)31-22-19(24)20(27-28-22)15-9-5-4-6-10-15/h4-12H,2-3,13,26H2,1H3,(H,27,28)/t24-/m0/s1. The number of carbonyl (C=O) groups excluding carboxylic acids is 1. The van der Waals surface area contributed by atoms with Gasteiger partial charge in [0.2, 0.25) is 17.7 Å². The lowest BCUT2D eigenvalue weighted by Crippen LogP contribution is -2.46. The number of para-hydroxylation sites is 1. The number of nitriles is 1. The summed E-state index contributed by atoms with van der Waals surface area (Å²) in [6.45, 7) is 2.64. The van der Waals surface area contributed by atoms with Gasteiger partial charge in [-0.15, -0.1) is 5.10 Å². The molecule has 31 heavy (non-hydrogen) atoms. The number of unbranched alkanes of at least 4 members (excludes halogenated alkanes) is 1. The Hall–Kier alpha value is -4.05. The molecule has 1 aromatic heterocycles. The van der Waals surface area contributed by atoms with Crippen molar-refractivity contribution in [2.24, 2.45) is 5.73 Å². The molecular formula is C24H21N5O2. The Kier molecular flexibility index (Phi) is 4.29. The number of nitrogens with two attached hydrogens (primary N) is 1. The van der Waals surface area contributed by atoms with Crippen molar-refractivity contribution in [2.75, 3.05) is 11.4 Å². The molecule has 2 aliphatic rings. The van der Waals surface area contributed by atoms with Crippen LogP contribution >= 0.6 is 0 Å². The lowest BCUT2D eigenvalue weighted by atomic mass is 9.68. The van der Waals surface area contributed by atoms with Gasteiger partial charge in [-0.3, -0.25) is 9.89 Å². The molecule has 5 rings (SSSR count). The largest absolute Gasteiger partial charge is 0.420 e. The van der Waals surface area contributed by atoms with Gasteiger partial charge in [0.15, 0.2) is 0 Å². The molecule has 0 bridgehead atoms. The predicted molar refractivity (Wildman–Crippen MR) is 116 cm³/mol. The zero-order chi connectivity index (χ0) is 21.6. The van der Waals surface area contributed by atoms with E-state index < -0.39 is 5.41 Å². The summed E-state index contributed by atoms with van der Waals surface area (Å²) in [5, 5.41) is 17.5. The zero-order valence-corrected chi connectivity index (χ0v) is 17.1. The highest BCUT2D eigenvalue weighted by molar-refractivity contribution is 6.15. The number of nitrogens with zero attached hydrogens (tertiary/aromatic N) is 3. The van der Waals surface area contributed by atoms with Crippen molar-refractivity contribution in [1.82, 2.24) is 10.2 Å². The third-order valence-electron chi connectivity index (χ3n) is 6.01. The van der Waals surface area contributed by atoms with Crippen LogP contribution < -0.4 is 15.4 Å². The molecule has 3 aromatic rings. The first-order chi connectivity index (χ1) is 15.1. The number of rotatable bonds is 4. The van der Waals surface area contributed by atoms with Crippen LogP contribution in [0.2, 0.25) is 0 Å². The SMILES string of the molecule is CCCCN1C(=O)[C@]2(C(C#N)=C(N)Oc3n[nH]c(-c4ccccc4)c32)c2ccccc21. The Morgan fingerprint density at radius 2 is 1.94 bits per heavy atom. The number of fused-ring (bicyclic) bond motifs is 4. The Bertz CT molecular complexity index is 1250. The van der Waals surface area contributed by atoms with Crippen LogP contribution in [-0.4, -0.2) is 22.6 Å². The Labute approximate surface area is 179 Å². The van der Waals surface area contributed by atoms with Gasteiger partial charge in [-0.1, -0.05) is 61.9 Å². The minimum absolute atomic E-state index is 0.0926. The first-order valence-corrected chi connectivity index (χ1v) is 10.3. The molecule has 154 valence electrons. The minimum atomic E-state index is -1.41. The van der Waals surface area contributed by atoms with Crippen LogP contribution in [0.25, 0.3) is 11.3 Å². The Morgan fingerprint density at radius 1 is 1.19 bits per heavy atom. The number of carbonyl (C=O) groups is 1. The lowest BCUT2D eigenvalue weighted by molar-refractivity contribution is -0.121. The molecule has 0 unspecified atom stereocenters.